The molecule has 0 saturated carbocycles. The van der Waals surface area contributed by atoms with Gasteiger partial charge in [0.15, 0.2) is 6.10 Å². The summed E-state index contributed by atoms with van der Waals surface area (Å²) in [5.41, 5.74) is 2.14. The molecule has 2 rings (SSSR count). The van der Waals surface area contributed by atoms with E-state index in [2.05, 4.69) is 10.3 Å². The van der Waals surface area contributed by atoms with Gasteiger partial charge in [-0.15, -0.1) is 0 Å². The van der Waals surface area contributed by atoms with E-state index >= 15 is 0 Å². The molecule has 1 heterocycles. The summed E-state index contributed by atoms with van der Waals surface area (Å²) in [5, 5.41) is 2.86. The first-order chi connectivity index (χ1) is 10.1. The van der Waals surface area contributed by atoms with Crippen molar-refractivity contribution >= 4 is 5.91 Å². The lowest BCUT2D eigenvalue weighted by Crippen LogP contribution is -2.38. The van der Waals surface area contributed by atoms with Gasteiger partial charge in [-0.2, -0.15) is 0 Å². The number of aryl methyl sites for hydroxylation is 2. The molecule has 0 unspecified atom stereocenters. The molecule has 2 aromatic rings. The molecule has 1 aromatic heterocycles. The Morgan fingerprint density at radius 3 is 2.95 bits per heavy atom. The molecule has 5 nitrogen and oxygen atoms in total. The van der Waals surface area contributed by atoms with E-state index in [-0.39, 0.29) is 5.91 Å². The smallest absolute Gasteiger partial charge is 0.260 e. The second kappa shape index (κ2) is 6.92. The van der Waals surface area contributed by atoms with Gasteiger partial charge >= 0.3 is 0 Å². The fourth-order valence-corrected chi connectivity index (χ4v) is 1.95. The van der Waals surface area contributed by atoms with Crippen LogP contribution in [-0.4, -0.2) is 28.1 Å². The zero-order valence-corrected chi connectivity index (χ0v) is 12.7. The summed E-state index contributed by atoms with van der Waals surface area (Å²) in [6.45, 7) is 6.98. The fraction of sp³-hybridized carbons (Fsp3) is 0.375. The molecule has 0 bridgehead atoms. The summed E-state index contributed by atoms with van der Waals surface area (Å²) in [6.07, 6.45) is 4.78. The molecule has 112 valence electrons. The number of hydrogen-bond donors (Lipinski definition) is 1. The van der Waals surface area contributed by atoms with Crippen LogP contribution in [0.25, 0.3) is 0 Å². The second-order valence-electron chi connectivity index (χ2n) is 5.12. The summed E-state index contributed by atoms with van der Waals surface area (Å²) in [7, 11) is 0. The number of hydrogen-bond acceptors (Lipinski definition) is 3. The van der Waals surface area contributed by atoms with E-state index in [9.17, 15) is 4.79 Å². The summed E-state index contributed by atoms with van der Waals surface area (Å²) < 4.78 is 7.66. The van der Waals surface area contributed by atoms with Gasteiger partial charge < -0.3 is 14.6 Å². The summed E-state index contributed by atoms with van der Waals surface area (Å²) in [6, 6.07) is 5.97. The van der Waals surface area contributed by atoms with Gasteiger partial charge in [-0.25, -0.2) is 4.98 Å². The highest BCUT2D eigenvalue weighted by Crippen LogP contribution is 2.20. The Balaban J connectivity index is 1.83. The quantitative estimate of drug-likeness (QED) is 0.885. The van der Waals surface area contributed by atoms with Crippen LogP contribution >= 0.6 is 0 Å². The zero-order chi connectivity index (χ0) is 15.2. The van der Waals surface area contributed by atoms with Crippen molar-refractivity contribution in [2.75, 3.05) is 6.54 Å². The molecule has 21 heavy (non-hydrogen) atoms. The molecule has 0 aliphatic rings. The second-order valence-corrected chi connectivity index (χ2v) is 5.12. The number of benzene rings is 1. The van der Waals surface area contributed by atoms with Gasteiger partial charge in [-0.3, -0.25) is 4.79 Å². The van der Waals surface area contributed by atoms with Crippen molar-refractivity contribution in [1.82, 2.24) is 14.9 Å². The summed E-state index contributed by atoms with van der Waals surface area (Å²) in [4.78, 5) is 16.0. The molecular weight excluding hydrogens is 266 g/mol. The maximum atomic E-state index is 12.0. The van der Waals surface area contributed by atoms with E-state index in [1.807, 2.05) is 42.8 Å². The number of rotatable bonds is 6. The Bertz CT molecular complexity index is 594. The molecule has 0 aliphatic heterocycles. The van der Waals surface area contributed by atoms with Crippen molar-refractivity contribution in [3.8, 4) is 5.75 Å². The fourth-order valence-electron chi connectivity index (χ4n) is 1.95. The minimum Gasteiger partial charge on any atom is -0.481 e. The van der Waals surface area contributed by atoms with Gasteiger partial charge in [0.25, 0.3) is 5.91 Å². The predicted octanol–water partition coefficient (Wildman–Crippen LogP) is 2.08. The van der Waals surface area contributed by atoms with Crippen LogP contribution in [0.2, 0.25) is 0 Å². The van der Waals surface area contributed by atoms with Gasteiger partial charge in [-0.05, 0) is 38.0 Å². The molecular formula is C16H21N3O2. The van der Waals surface area contributed by atoms with E-state index in [0.29, 0.717) is 13.1 Å². The number of imidazole rings is 1. The maximum Gasteiger partial charge on any atom is 0.260 e. The van der Waals surface area contributed by atoms with E-state index in [1.54, 1.807) is 19.4 Å². The lowest BCUT2D eigenvalue weighted by molar-refractivity contribution is -0.127. The van der Waals surface area contributed by atoms with Crippen molar-refractivity contribution in [1.29, 1.82) is 0 Å². The largest absolute Gasteiger partial charge is 0.481 e. The Hall–Kier alpha value is -2.30. The van der Waals surface area contributed by atoms with Crippen LogP contribution < -0.4 is 10.1 Å². The topological polar surface area (TPSA) is 56.1 Å². The summed E-state index contributed by atoms with van der Waals surface area (Å²) in [5.74, 6) is 0.642. The molecule has 1 N–H and O–H groups in total. The number of nitrogens with zero attached hydrogens (tertiary/aromatic N) is 2. The molecule has 0 radical (unpaired) electrons. The lowest BCUT2D eigenvalue weighted by atomic mass is 10.1. The highest BCUT2D eigenvalue weighted by Gasteiger charge is 2.15. The third kappa shape index (κ3) is 4.34. The molecule has 1 aromatic carbocycles. The number of amides is 1. The SMILES string of the molecule is Cc1ccc(C)c(O[C@H](C)C(=O)NCCn2ccnc2)c1. The average molecular weight is 287 g/mol. The monoisotopic (exact) mass is 287 g/mol. The van der Waals surface area contributed by atoms with Gasteiger partial charge in [-0.1, -0.05) is 12.1 Å². The Labute approximate surface area is 125 Å². The maximum absolute atomic E-state index is 12.0. The average Bonchev–Trinajstić information content (AvgIpc) is 2.96. The van der Waals surface area contributed by atoms with Crippen LogP contribution in [0.5, 0.6) is 5.75 Å². The number of ether oxygens (including phenoxy) is 1. The van der Waals surface area contributed by atoms with E-state index in [0.717, 1.165) is 16.9 Å². The third-order valence-electron chi connectivity index (χ3n) is 3.25. The number of carbonyl (C=O) groups excluding carboxylic acids is 1. The number of carbonyl (C=O) groups is 1. The van der Waals surface area contributed by atoms with Crippen molar-refractivity contribution < 1.29 is 9.53 Å². The molecule has 1 atom stereocenters. The van der Waals surface area contributed by atoms with Crippen LogP contribution in [0.1, 0.15) is 18.1 Å². The number of aromatic nitrogens is 2. The van der Waals surface area contributed by atoms with Gasteiger partial charge in [0.05, 0.1) is 6.33 Å². The lowest BCUT2D eigenvalue weighted by Gasteiger charge is -2.16. The minimum absolute atomic E-state index is 0.115. The van der Waals surface area contributed by atoms with Gasteiger partial charge in [0.1, 0.15) is 5.75 Å². The zero-order valence-electron chi connectivity index (χ0n) is 12.7. The molecule has 0 aliphatic carbocycles. The van der Waals surface area contributed by atoms with Crippen LogP contribution in [0.15, 0.2) is 36.9 Å². The first kappa shape index (κ1) is 15.1. The van der Waals surface area contributed by atoms with Crippen molar-refractivity contribution in [3.63, 3.8) is 0 Å². The van der Waals surface area contributed by atoms with Crippen molar-refractivity contribution in [3.05, 3.63) is 48.0 Å². The highest BCUT2D eigenvalue weighted by atomic mass is 16.5. The molecule has 0 saturated heterocycles. The Morgan fingerprint density at radius 2 is 2.24 bits per heavy atom. The van der Waals surface area contributed by atoms with E-state index < -0.39 is 6.10 Å². The molecule has 1 amide bonds. The molecule has 5 heteroatoms. The van der Waals surface area contributed by atoms with Crippen molar-refractivity contribution in [2.24, 2.45) is 0 Å². The normalized spacial score (nSPS) is 12.0. The third-order valence-corrected chi connectivity index (χ3v) is 3.25. The molecule has 0 spiro atoms. The summed E-state index contributed by atoms with van der Waals surface area (Å²) >= 11 is 0. The first-order valence-corrected chi connectivity index (χ1v) is 7.03. The first-order valence-electron chi connectivity index (χ1n) is 7.03. The minimum atomic E-state index is -0.520. The van der Waals surface area contributed by atoms with Crippen LogP contribution in [-0.2, 0) is 11.3 Å². The van der Waals surface area contributed by atoms with Crippen LogP contribution in [0, 0.1) is 13.8 Å². The standard InChI is InChI=1S/C16H21N3O2/c1-12-4-5-13(2)15(10-12)21-14(3)16(20)18-7-9-19-8-6-17-11-19/h4-6,8,10-11,14H,7,9H2,1-3H3,(H,18,20)/t14-/m1/s1. The van der Waals surface area contributed by atoms with Gasteiger partial charge in [0, 0.05) is 25.5 Å². The predicted molar refractivity (Wildman–Crippen MR) is 81.2 cm³/mol. The van der Waals surface area contributed by atoms with E-state index in [1.165, 1.54) is 0 Å². The Kier molecular flexibility index (Phi) is 4.98. The highest BCUT2D eigenvalue weighted by molar-refractivity contribution is 5.80. The van der Waals surface area contributed by atoms with Gasteiger partial charge in [0.2, 0.25) is 0 Å². The van der Waals surface area contributed by atoms with Crippen LogP contribution in [0.3, 0.4) is 0 Å². The van der Waals surface area contributed by atoms with Crippen molar-refractivity contribution in [2.45, 2.75) is 33.4 Å². The van der Waals surface area contributed by atoms with E-state index in [4.69, 9.17) is 4.74 Å². The Morgan fingerprint density at radius 1 is 1.43 bits per heavy atom. The number of nitrogens with one attached hydrogen (secondary N) is 1. The molecule has 0 fully saturated rings. The van der Waals surface area contributed by atoms with Crippen LogP contribution in [0.4, 0.5) is 0 Å².